The zero-order chi connectivity index (χ0) is 19.7. The maximum atomic E-state index is 12.2. The molecule has 11 nitrogen and oxygen atoms in total. The van der Waals surface area contributed by atoms with Crippen LogP contribution in [0.4, 0.5) is 4.79 Å². The van der Waals surface area contributed by atoms with E-state index in [2.05, 4.69) is 20.8 Å². The maximum absolute atomic E-state index is 12.2. The number of unbranched alkanes of at least 4 members (excludes halogenated alkanes) is 1. The fraction of sp³-hybridized carbons (Fsp3) is 0.733. The highest BCUT2D eigenvalue weighted by Crippen LogP contribution is 2.19. The maximum Gasteiger partial charge on any atom is 0.316 e. The lowest BCUT2D eigenvalue weighted by Crippen LogP contribution is -2.51. The molecule has 1 aromatic rings. The van der Waals surface area contributed by atoms with Crippen molar-refractivity contribution in [2.45, 2.75) is 57.3 Å². The van der Waals surface area contributed by atoms with E-state index in [0.717, 1.165) is 6.42 Å². The van der Waals surface area contributed by atoms with Crippen molar-refractivity contribution in [3.05, 3.63) is 11.7 Å². The van der Waals surface area contributed by atoms with Gasteiger partial charge in [0, 0.05) is 0 Å². The van der Waals surface area contributed by atoms with E-state index in [1.807, 2.05) is 0 Å². The quantitative estimate of drug-likeness (QED) is 0.261. The molecule has 0 spiro atoms. The van der Waals surface area contributed by atoms with Gasteiger partial charge in [-0.15, -0.1) is 0 Å². The number of carbonyl (C=O) groups excluding carboxylic acids is 2. The van der Waals surface area contributed by atoms with Gasteiger partial charge in [0.1, 0.15) is 12.1 Å². The summed E-state index contributed by atoms with van der Waals surface area (Å²) in [4.78, 5) is 27.8. The van der Waals surface area contributed by atoms with Gasteiger partial charge in [0.25, 0.3) is 0 Å². The van der Waals surface area contributed by atoms with E-state index in [1.165, 1.54) is 13.8 Å². The molecule has 0 bridgehead atoms. The summed E-state index contributed by atoms with van der Waals surface area (Å²) in [5.41, 5.74) is 11.1. The summed E-state index contributed by atoms with van der Waals surface area (Å²) in [6, 6.07) is -3.10. The van der Waals surface area contributed by atoms with E-state index in [-0.39, 0.29) is 24.1 Å². The van der Waals surface area contributed by atoms with Crippen LogP contribution in [-0.2, 0) is 4.79 Å². The third-order valence-corrected chi connectivity index (χ3v) is 3.74. The first kappa shape index (κ1) is 22.0. The van der Waals surface area contributed by atoms with Crippen LogP contribution in [0.3, 0.4) is 0 Å². The average molecular weight is 372 g/mol. The van der Waals surface area contributed by atoms with Gasteiger partial charge in [-0.1, -0.05) is 5.16 Å². The predicted octanol–water partition coefficient (Wildman–Crippen LogP) is -1.13. The Balaban J connectivity index is 2.84. The number of nitrogens with one attached hydrogen (secondary N) is 2. The molecule has 26 heavy (non-hydrogen) atoms. The predicted molar refractivity (Wildman–Crippen MR) is 91.8 cm³/mol. The largest absolute Gasteiger partial charge is 0.394 e. The monoisotopic (exact) mass is 372 g/mol. The molecule has 1 aromatic heterocycles. The number of aliphatic hydroxyl groups is 2. The first-order valence-corrected chi connectivity index (χ1v) is 8.45. The smallest absolute Gasteiger partial charge is 0.316 e. The van der Waals surface area contributed by atoms with Gasteiger partial charge in [0.15, 0.2) is 11.6 Å². The summed E-state index contributed by atoms with van der Waals surface area (Å²) < 4.78 is 5.14. The number of rotatable bonds is 11. The van der Waals surface area contributed by atoms with Crippen molar-refractivity contribution in [2.75, 3.05) is 13.2 Å². The van der Waals surface area contributed by atoms with E-state index < -0.39 is 30.3 Å². The van der Waals surface area contributed by atoms with E-state index in [9.17, 15) is 14.7 Å². The molecule has 0 aliphatic rings. The Morgan fingerprint density at radius 3 is 2.54 bits per heavy atom. The molecule has 11 heteroatoms. The Bertz CT molecular complexity index is 579. The van der Waals surface area contributed by atoms with Gasteiger partial charge in [-0.3, -0.25) is 4.79 Å². The van der Waals surface area contributed by atoms with Crippen molar-refractivity contribution in [1.82, 2.24) is 20.8 Å². The zero-order valence-corrected chi connectivity index (χ0v) is 15.0. The minimum Gasteiger partial charge on any atom is -0.394 e. The van der Waals surface area contributed by atoms with E-state index in [1.54, 1.807) is 0 Å². The van der Waals surface area contributed by atoms with Crippen molar-refractivity contribution in [2.24, 2.45) is 11.5 Å². The second-order valence-electron chi connectivity index (χ2n) is 6.06. The van der Waals surface area contributed by atoms with Crippen LogP contribution in [0, 0.1) is 0 Å². The molecule has 0 saturated heterocycles. The lowest BCUT2D eigenvalue weighted by atomic mass is 10.1. The lowest BCUT2D eigenvalue weighted by Gasteiger charge is -2.21. The molecule has 0 radical (unpaired) electrons. The number of aliphatic hydroxyl groups excluding tert-OH is 2. The Morgan fingerprint density at radius 2 is 2.00 bits per heavy atom. The van der Waals surface area contributed by atoms with Gasteiger partial charge in [-0.2, -0.15) is 4.98 Å². The number of nitrogens with two attached hydrogens (primary N) is 2. The number of Topliss-reactive ketones (excluding diaryl/α,β-unsaturated/α-hetero) is 1. The molecule has 1 heterocycles. The highest BCUT2D eigenvalue weighted by Gasteiger charge is 2.26. The topological polar surface area (TPSA) is 190 Å². The number of urea groups is 1. The fourth-order valence-corrected chi connectivity index (χ4v) is 2.27. The van der Waals surface area contributed by atoms with Crippen LogP contribution in [0.25, 0.3) is 0 Å². The van der Waals surface area contributed by atoms with Gasteiger partial charge in [-0.05, 0) is 39.7 Å². The standard InChI is InChI=1S/C15H28N6O5/c1-8(23)12(9(2)24)19-15(25)18-11(5-3-4-6-16)14-20-13(21-26-14)10(17)7-22/h8,10-12,22-23H,3-7,16-17H2,1-2H3,(H2,18,19,25)/t8?,10-,11-,12-/m0/s1. The van der Waals surface area contributed by atoms with Crippen molar-refractivity contribution < 1.29 is 24.3 Å². The molecular formula is C15H28N6O5. The molecule has 0 aliphatic heterocycles. The van der Waals surface area contributed by atoms with Gasteiger partial charge in [-0.25, -0.2) is 4.79 Å². The van der Waals surface area contributed by atoms with Crippen LogP contribution in [0.2, 0.25) is 0 Å². The van der Waals surface area contributed by atoms with Crippen LogP contribution >= 0.6 is 0 Å². The fourth-order valence-electron chi connectivity index (χ4n) is 2.27. The number of hydrogen-bond acceptors (Lipinski definition) is 9. The molecule has 0 saturated carbocycles. The molecule has 8 N–H and O–H groups in total. The van der Waals surface area contributed by atoms with Gasteiger partial charge in [0.05, 0.1) is 18.8 Å². The number of nitrogens with zero attached hydrogens (tertiary/aromatic N) is 2. The van der Waals surface area contributed by atoms with Crippen molar-refractivity contribution >= 4 is 11.8 Å². The van der Waals surface area contributed by atoms with Crippen molar-refractivity contribution in [1.29, 1.82) is 0 Å². The lowest BCUT2D eigenvalue weighted by molar-refractivity contribution is -0.120. The van der Waals surface area contributed by atoms with E-state index in [0.29, 0.717) is 19.4 Å². The summed E-state index contributed by atoms with van der Waals surface area (Å²) in [7, 11) is 0. The number of amides is 2. The minimum absolute atomic E-state index is 0.124. The average Bonchev–Trinajstić information content (AvgIpc) is 3.07. The number of carbonyl (C=O) groups is 2. The Labute approximate surface area is 151 Å². The zero-order valence-electron chi connectivity index (χ0n) is 15.0. The summed E-state index contributed by atoms with van der Waals surface area (Å²) in [6.07, 6.45) is 0.866. The van der Waals surface area contributed by atoms with Crippen LogP contribution in [0.1, 0.15) is 56.9 Å². The summed E-state index contributed by atoms with van der Waals surface area (Å²) in [5, 5.41) is 27.4. The van der Waals surface area contributed by atoms with Gasteiger partial charge in [0.2, 0.25) is 5.89 Å². The third kappa shape index (κ3) is 6.67. The molecule has 148 valence electrons. The highest BCUT2D eigenvalue weighted by atomic mass is 16.5. The molecule has 1 unspecified atom stereocenters. The Morgan fingerprint density at radius 1 is 1.31 bits per heavy atom. The first-order chi connectivity index (χ1) is 12.3. The first-order valence-electron chi connectivity index (χ1n) is 8.45. The molecule has 0 aromatic carbocycles. The Hall–Kier alpha value is -2.08. The number of aromatic nitrogens is 2. The molecular weight excluding hydrogens is 344 g/mol. The van der Waals surface area contributed by atoms with Crippen LogP contribution < -0.4 is 22.1 Å². The van der Waals surface area contributed by atoms with Crippen molar-refractivity contribution in [3.63, 3.8) is 0 Å². The Kier molecular flexibility index (Phi) is 9.13. The second kappa shape index (κ2) is 10.8. The van der Waals surface area contributed by atoms with Crippen molar-refractivity contribution in [3.8, 4) is 0 Å². The summed E-state index contributed by atoms with van der Waals surface area (Å²) >= 11 is 0. The molecule has 2 amide bonds. The van der Waals surface area contributed by atoms with E-state index >= 15 is 0 Å². The molecule has 0 fully saturated rings. The summed E-state index contributed by atoms with van der Waals surface area (Å²) in [5.74, 6) is -0.115. The molecule has 0 aliphatic carbocycles. The van der Waals surface area contributed by atoms with Crippen LogP contribution in [0.15, 0.2) is 4.52 Å². The molecule has 1 rings (SSSR count). The van der Waals surface area contributed by atoms with Crippen LogP contribution in [-0.4, -0.2) is 57.5 Å². The van der Waals surface area contributed by atoms with Gasteiger partial charge >= 0.3 is 6.03 Å². The normalized spacial score (nSPS) is 15.8. The number of hydrogen-bond donors (Lipinski definition) is 6. The highest BCUT2D eigenvalue weighted by molar-refractivity contribution is 5.87. The second-order valence-corrected chi connectivity index (χ2v) is 6.06. The minimum atomic E-state index is -1.04. The van der Waals surface area contributed by atoms with Gasteiger partial charge < -0.3 is 36.8 Å². The van der Waals surface area contributed by atoms with E-state index in [4.69, 9.17) is 21.1 Å². The number of ketones is 1. The SMILES string of the molecule is CC(=O)[C@@H](NC(=O)N[C@@H](CCCCN)c1nc([C@@H](N)CO)no1)C(C)O. The summed E-state index contributed by atoms with van der Waals surface area (Å²) in [6.45, 7) is 2.83. The third-order valence-electron chi connectivity index (χ3n) is 3.74. The molecule has 4 atom stereocenters. The van der Waals surface area contributed by atoms with Crippen LogP contribution in [0.5, 0.6) is 0 Å².